The third-order valence-electron chi connectivity index (χ3n) is 17.4. The van der Waals surface area contributed by atoms with Gasteiger partial charge in [-0.3, -0.25) is 14.4 Å². The van der Waals surface area contributed by atoms with E-state index in [1.807, 2.05) is 0 Å². The molecule has 3 aromatic rings. The molecule has 1 aliphatic heterocycles. The summed E-state index contributed by atoms with van der Waals surface area (Å²) in [6.07, 6.45) is 40.8. The molecule has 0 spiro atoms. The Balaban J connectivity index is 1.29. The lowest BCUT2D eigenvalue weighted by atomic mass is 9.50. The number of anilines is 3. The monoisotopic (exact) mass is 847 g/mol. The molecule has 0 radical (unpaired) electrons. The highest BCUT2D eigenvalue weighted by molar-refractivity contribution is 7.03. The highest BCUT2D eigenvalue weighted by Gasteiger charge is 2.64. The van der Waals surface area contributed by atoms with Crippen molar-refractivity contribution in [3.8, 4) is 0 Å². The Hall–Kier alpha value is -2.87. The van der Waals surface area contributed by atoms with Crippen molar-refractivity contribution in [1.29, 1.82) is 0 Å². The van der Waals surface area contributed by atoms with E-state index in [1.54, 1.807) is 0 Å². The van der Waals surface area contributed by atoms with Gasteiger partial charge in [0, 0.05) is 53.3 Å². The Morgan fingerprint density at radius 2 is 0.429 bits per heavy atom. The molecule has 9 heteroatoms. The molecule has 63 heavy (non-hydrogen) atoms. The average Bonchev–Trinajstić information content (AvgIpc) is 3.37. The number of para-hydroxylation sites is 3. The summed E-state index contributed by atoms with van der Waals surface area (Å²) < 4.78 is 9.30. The van der Waals surface area contributed by atoms with Gasteiger partial charge >= 0.3 is 21.4 Å². The average molecular weight is 847 g/mol. The minimum Gasteiger partial charge on any atom is -0.395 e. The third-order valence-corrected chi connectivity index (χ3v) is 17.4. The molecule has 3 aromatic carbocycles. The van der Waals surface area contributed by atoms with Crippen LogP contribution in [0.15, 0.2) is 91.0 Å². The number of benzene rings is 3. The van der Waals surface area contributed by atoms with Crippen molar-refractivity contribution in [3.63, 3.8) is 0 Å². The van der Waals surface area contributed by atoms with E-state index in [1.165, 1.54) is 210 Å². The van der Waals surface area contributed by atoms with E-state index >= 15 is 0 Å². The van der Waals surface area contributed by atoms with Crippen LogP contribution in [0.4, 0.5) is 17.1 Å². The van der Waals surface area contributed by atoms with Gasteiger partial charge in [0.25, 0.3) is 0 Å². The van der Waals surface area contributed by atoms with Gasteiger partial charge in [0.2, 0.25) is 0 Å². The molecule has 0 aromatic heterocycles. The summed E-state index contributed by atoms with van der Waals surface area (Å²) in [5.74, 6) is 0. The Morgan fingerprint density at radius 1 is 0.254 bits per heavy atom. The third kappa shape index (κ3) is 9.69. The zero-order chi connectivity index (χ0) is 42.2. The highest BCUT2D eigenvalue weighted by Crippen LogP contribution is 2.45. The summed E-state index contributed by atoms with van der Waals surface area (Å²) in [4.78, 5) is 9.79. The first-order chi connectivity index (χ1) is 31.3. The molecule has 0 N–H and O–H groups in total. The SMILES string of the molecule is c1ccc(N2B(N(C3CCCCC3)C3CCCCC3)N(c3ccccc3)B(N(C3CCCCC3)C3CCCCC3)N(c3ccccc3)B2N(C2CCCCC2)C2CCCCC2)cc1. The van der Waals surface area contributed by atoms with E-state index in [0.717, 1.165) is 0 Å². The van der Waals surface area contributed by atoms with Crippen molar-refractivity contribution in [2.45, 2.75) is 229 Å². The van der Waals surface area contributed by atoms with E-state index in [2.05, 4.69) is 120 Å². The molecule has 0 atom stereocenters. The van der Waals surface area contributed by atoms with Crippen molar-refractivity contribution in [3.05, 3.63) is 91.0 Å². The molecule has 0 bridgehead atoms. The normalized spacial score (nSPS) is 24.0. The van der Waals surface area contributed by atoms with Gasteiger partial charge in [-0.15, -0.1) is 0 Å². The van der Waals surface area contributed by atoms with Crippen molar-refractivity contribution in [2.75, 3.05) is 14.2 Å². The van der Waals surface area contributed by atoms with Gasteiger partial charge in [0.15, 0.2) is 0 Å². The second kappa shape index (κ2) is 21.6. The van der Waals surface area contributed by atoms with E-state index in [0.29, 0.717) is 36.3 Å². The van der Waals surface area contributed by atoms with Crippen molar-refractivity contribution in [2.24, 2.45) is 0 Å². The first-order valence-electron chi connectivity index (χ1n) is 27.2. The molecule has 6 saturated carbocycles. The Morgan fingerprint density at radius 3 is 0.603 bits per heavy atom. The Bertz CT molecular complexity index is 1500. The minimum atomic E-state index is 0.0836. The van der Waals surface area contributed by atoms with Gasteiger partial charge in [0.1, 0.15) is 0 Å². The zero-order valence-corrected chi connectivity index (χ0v) is 39.3. The van der Waals surface area contributed by atoms with Gasteiger partial charge in [-0.25, -0.2) is 0 Å². The fourth-order valence-corrected chi connectivity index (χ4v) is 14.5. The first-order valence-corrected chi connectivity index (χ1v) is 27.2. The molecular weight excluding hydrogens is 765 g/mol. The molecule has 7 aliphatic rings. The van der Waals surface area contributed by atoms with Crippen molar-refractivity contribution >= 4 is 38.4 Å². The van der Waals surface area contributed by atoms with Crippen LogP contribution in [0.1, 0.15) is 193 Å². The lowest BCUT2D eigenvalue weighted by Crippen LogP contribution is -2.91. The Kier molecular flexibility index (Phi) is 15.1. The first kappa shape index (κ1) is 44.0. The summed E-state index contributed by atoms with van der Waals surface area (Å²) in [6.45, 7) is 0. The predicted octanol–water partition coefficient (Wildman–Crippen LogP) is 13.4. The molecule has 1 saturated heterocycles. The lowest BCUT2D eigenvalue weighted by molar-refractivity contribution is 0.152. The van der Waals surface area contributed by atoms with Crippen molar-refractivity contribution < 1.29 is 0 Å². The molecule has 6 nitrogen and oxygen atoms in total. The summed E-state index contributed by atoms with van der Waals surface area (Å²) in [6, 6.07) is 39.7. The molecule has 336 valence electrons. The number of hydrogen-bond acceptors (Lipinski definition) is 6. The maximum absolute atomic E-state index is 3.26. The zero-order valence-electron chi connectivity index (χ0n) is 39.3. The van der Waals surface area contributed by atoms with Crippen LogP contribution in [0, 0.1) is 0 Å². The van der Waals surface area contributed by atoms with Crippen LogP contribution in [-0.2, 0) is 0 Å². The largest absolute Gasteiger partial charge is 0.450 e. The number of hydrogen-bond donors (Lipinski definition) is 0. The van der Waals surface area contributed by atoms with E-state index in [9.17, 15) is 0 Å². The molecule has 6 aliphatic carbocycles. The maximum atomic E-state index is 3.26. The second-order valence-electron chi connectivity index (χ2n) is 21.4. The number of rotatable bonds is 12. The van der Waals surface area contributed by atoms with Gasteiger partial charge in [-0.2, -0.15) is 0 Å². The van der Waals surface area contributed by atoms with Crippen LogP contribution < -0.4 is 14.2 Å². The summed E-state index contributed by atoms with van der Waals surface area (Å²) >= 11 is 0. The summed E-state index contributed by atoms with van der Waals surface area (Å²) in [7, 11) is 0.251. The second-order valence-corrected chi connectivity index (χ2v) is 21.4. The fraction of sp³-hybridized carbons (Fsp3) is 0.667. The summed E-state index contributed by atoms with van der Waals surface area (Å²) in [5, 5.41) is 0. The van der Waals surface area contributed by atoms with Crippen LogP contribution in [-0.4, -0.2) is 72.0 Å². The van der Waals surface area contributed by atoms with E-state index in [4.69, 9.17) is 0 Å². The van der Waals surface area contributed by atoms with Crippen LogP contribution in [0.2, 0.25) is 0 Å². The van der Waals surface area contributed by atoms with E-state index < -0.39 is 0 Å². The van der Waals surface area contributed by atoms with Crippen LogP contribution in [0.3, 0.4) is 0 Å². The highest BCUT2D eigenvalue weighted by atomic mass is 15.5. The van der Waals surface area contributed by atoms with Crippen molar-refractivity contribution in [1.82, 2.24) is 14.4 Å². The minimum absolute atomic E-state index is 0.0836. The quantitative estimate of drug-likeness (QED) is 0.168. The fourth-order valence-electron chi connectivity index (χ4n) is 14.5. The van der Waals surface area contributed by atoms with Gasteiger partial charge in [0.05, 0.1) is 0 Å². The Labute approximate surface area is 385 Å². The molecule has 0 amide bonds. The number of nitrogens with zero attached hydrogens (tertiary/aromatic N) is 6. The van der Waals surface area contributed by atoms with Gasteiger partial charge in [-0.1, -0.05) is 170 Å². The molecule has 0 unspecified atom stereocenters. The maximum Gasteiger partial charge on any atom is 0.450 e. The predicted molar refractivity (Wildman–Crippen MR) is 271 cm³/mol. The topological polar surface area (TPSA) is 19.4 Å². The van der Waals surface area contributed by atoms with Gasteiger partial charge in [-0.05, 0) is 113 Å². The van der Waals surface area contributed by atoms with Crippen LogP contribution in [0.5, 0.6) is 0 Å². The molecular formula is C54H81B3N6. The molecule has 1 heterocycles. The molecule has 7 fully saturated rings. The summed E-state index contributed by atoms with van der Waals surface area (Å²) in [5.41, 5.74) is 4.22. The van der Waals surface area contributed by atoms with Crippen LogP contribution in [0.25, 0.3) is 0 Å². The van der Waals surface area contributed by atoms with Crippen LogP contribution >= 0.6 is 0 Å². The standard InChI is InChI=1S/C54H81B3N6/c1-10-28-46(29-11-1)58(47-30-12-2-13-31-47)55-61(52-40-22-7-23-41-52)56(59(48-32-14-3-15-33-48)49-34-16-4-17-35-49)63(54-44-26-9-27-45-54)57(62(55)53-42-24-8-25-43-53)60(50-36-18-5-19-37-50)51-38-20-6-21-39-51/h7-9,22-27,40-51H,1-6,10-21,28-39H2. The van der Waals surface area contributed by atoms with E-state index in [-0.39, 0.29) is 21.4 Å². The lowest BCUT2D eigenvalue weighted by Gasteiger charge is -2.65. The molecule has 10 rings (SSSR count). The smallest absolute Gasteiger partial charge is 0.395 e. The van der Waals surface area contributed by atoms with Gasteiger partial charge < -0.3 is 14.2 Å².